The smallest absolute Gasteiger partial charge is 0.306 e. The first-order chi connectivity index (χ1) is 25.6. The number of esters is 3. The predicted octanol–water partition coefficient (Wildman–Crippen LogP) is 14.4. The van der Waals surface area contributed by atoms with Gasteiger partial charge in [-0.15, -0.1) is 0 Å². The molecule has 6 heteroatoms. The molecular formula is C47H90O6. The zero-order valence-electron chi connectivity index (χ0n) is 36.3. The summed E-state index contributed by atoms with van der Waals surface area (Å²) in [5.74, 6) is 1.54. The molecule has 0 aliphatic rings. The first-order valence-corrected chi connectivity index (χ1v) is 23.1. The molecule has 0 heterocycles. The fraction of sp³-hybridized carbons (Fsp3) is 0.936. The van der Waals surface area contributed by atoms with Crippen molar-refractivity contribution in [3.63, 3.8) is 0 Å². The van der Waals surface area contributed by atoms with E-state index in [9.17, 15) is 14.4 Å². The van der Waals surface area contributed by atoms with E-state index in [4.69, 9.17) is 14.2 Å². The Bertz CT molecular complexity index is 822. The van der Waals surface area contributed by atoms with Gasteiger partial charge < -0.3 is 14.2 Å². The molecular weight excluding hydrogens is 661 g/mol. The molecule has 0 aromatic rings. The third-order valence-electron chi connectivity index (χ3n) is 10.4. The lowest BCUT2D eigenvalue weighted by Gasteiger charge is -2.18. The van der Waals surface area contributed by atoms with E-state index < -0.39 is 6.10 Å². The van der Waals surface area contributed by atoms with Gasteiger partial charge in [-0.25, -0.2) is 0 Å². The Labute approximate surface area is 329 Å². The van der Waals surface area contributed by atoms with Crippen LogP contribution in [0.2, 0.25) is 0 Å². The van der Waals surface area contributed by atoms with Crippen molar-refractivity contribution in [2.24, 2.45) is 17.8 Å². The second kappa shape index (κ2) is 38.7. The van der Waals surface area contributed by atoms with Crippen molar-refractivity contribution in [3.05, 3.63) is 0 Å². The molecule has 0 rings (SSSR count). The van der Waals surface area contributed by atoms with Gasteiger partial charge >= 0.3 is 17.9 Å². The van der Waals surface area contributed by atoms with Gasteiger partial charge in [0.2, 0.25) is 0 Å². The van der Waals surface area contributed by atoms with Crippen molar-refractivity contribution in [3.8, 4) is 0 Å². The highest BCUT2D eigenvalue weighted by Crippen LogP contribution is 2.17. The zero-order valence-corrected chi connectivity index (χ0v) is 36.3. The molecule has 0 spiro atoms. The number of ether oxygens (including phenoxy) is 3. The average Bonchev–Trinajstić information content (AvgIpc) is 3.11. The number of unbranched alkanes of at least 4 members (excludes halogenated alkanes) is 23. The molecule has 0 radical (unpaired) electrons. The van der Waals surface area contributed by atoms with Crippen molar-refractivity contribution in [1.82, 2.24) is 0 Å². The summed E-state index contributed by atoms with van der Waals surface area (Å²) >= 11 is 0. The van der Waals surface area contributed by atoms with Gasteiger partial charge in [0.15, 0.2) is 6.10 Å². The third kappa shape index (κ3) is 41.4. The van der Waals surface area contributed by atoms with Gasteiger partial charge in [0.05, 0.1) is 0 Å². The van der Waals surface area contributed by atoms with Gasteiger partial charge in [0, 0.05) is 19.3 Å². The van der Waals surface area contributed by atoms with Crippen LogP contribution in [0, 0.1) is 17.8 Å². The molecule has 53 heavy (non-hydrogen) atoms. The van der Waals surface area contributed by atoms with Crippen LogP contribution in [0.3, 0.4) is 0 Å². The molecule has 0 aromatic carbocycles. The summed E-state index contributed by atoms with van der Waals surface area (Å²) in [6, 6.07) is 0. The Morgan fingerprint density at radius 1 is 0.321 bits per heavy atom. The Kier molecular flexibility index (Phi) is 37.5. The maximum atomic E-state index is 12.7. The summed E-state index contributed by atoms with van der Waals surface area (Å²) in [6.45, 7) is 13.6. The number of hydrogen-bond acceptors (Lipinski definition) is 6. The summed E-state index contributed by atoms with van der Waals surface area (Å²) in [5, 5.41) is 0. The summed E-state index contributed by atoms with van der Waals surface area (Å²) in [5.41, 5.74) is 0. The van der Waals surface area contributed by atoms with Crippen molar-refractivity contribution < 1.29 is 28.6 Å². The van der Waals surface area contributed by atoms with Crippen LogP contribution in [0.5, 0.6) is 0 Å². The minimum atomic E-state index is -0.762. The van der Waals surface area contributed by atoms with Crippen LogP contribution in [0.1, 0.15) is 247 Å². The van der Waals surface area contributed by atoms with E-state index in [0.29, 0.717) is 19.3 Å². The minimum absolute atomic E-state index is 0.0666. The summed E-state index contributed by atoms with van der Waals surface area (Å²) in [7, 11) is 0. The normalized spacial score (nSPS) is 12.2. The van der Waals surface area contributed by atoms with E-state index in [0.717, 1.165) is 75.5 Å². The Hall–Kier alpha value is -1.59. The van der Waals surface area contributed by atoms with E-state index in [1.54, 1.807) is 0 Å². The molecule has 0 fully saturated rings. The van der Waals surface area contributed by atoms with Gasteiger partial charge in [-0.2, -0.15) is 0 Å². The minimum Gasteiger partial charge on any atom is -0.462 e. The fourth-order valence-corrected chi connectivity index (χ4v) is 6.88. The average molecular weight is 751 g/mol. The van der Waals surface area contributed by atoms with E-state index in [2.05, 4.69) is 41.5 Å². The molecule has 0 aliphatic carbocycles. The molecule has 0 bridgehead atoms. The molecule has 0 aromatic heterocycles. The fourth-order valence-electron chi connectivity index (χ4n) is 6.88. The standard InChI is InChI=1S/C47H90O6/c1-41(2)33-27-21-15-10-8-7-9-11-18-24-30-36-45(48)51-39-44(53-47(50)38-32-26-20-14-17-23-29-35-43(5)6)40-52-46(49)37-31-25-19-13-12-16-22-28-34-42(3)4/h41-44H,7-40H2,1-6H3/t44-/m0/s1. The van der Waals surface area contributed by atoms with Crippen molar-refractivity contribution >= 4 is 17.9 Å². The van der Waals surface area contributed by atoms with Crippen LogP contribution in [0.4, 0.5) is 0 Å². The SMILES string of the molecule is CC(C)CCCCCCCCCCCCCC(=O)OC[C@@H](COC(=O)CCCCCCCCCCC(C)C)OC(=O)CCCCCCCCCC(C)C. The maximum absolute atomic E-state index is 12.7. The van der Waals surface area contributed by atoms with Gasteiger partial charge in [-0.3, -0.25) is 14.4 Å². The second-order valence-electron chi connectivity index (χ2n) is 17.5. The first-order valence-electron chi connectivity index (χ1n) is 23.1. The lowest BCUT2D eigenvalue weighted by Crippen LogP contribution is -2.30. The van der Waals surface area contributed by atoms with Gasteiger partial charge in [-0.05, 0) is 37.0 Å². The van der Waals surface area contributed by atoms with Crippen LogP contribution in [0.25, 0.3) is 0 Å². The van der Waals surface area contributed by atoms with Gasteiger partial charge in [0.1, 0.15) is 13.2 Å². The topological polar surface area (TPSA) is 78.9 Å². The molecule has 0 N–H and O–H groups in total. The lowest BCUT2D eigenvalue weighted by molar-refractivity contribution is -0.167. The monoisotopic (exact) mass is 751 g/mol. The highest BCUT2D eigenvalue weighted by molar-refractivity contribution is 5.71. The van der Waals surface area contributed by atoms with Crippen LogP contribution in [-0.4, -0.2) is 37.2 Å². The highest BCUT2D eigenvalue weighted by Gasteiger charge is 2.19. The second-order valence-corrected chi connectivity index (χ2v) is 17.5. The third-order valence-corrected chi connectivity index (χ3v) is 10.4. The van der Waals surface area contributed by atoms with Gasteiger partial charge in [-0.1, -0.05) is 208 Å². The molecule has 0 aliphatic heterocycles. The molecule has 0 saturated carbocycles. The number of carbonyl (C=O) groups excluding carboxylic acids is 3. The maximum Gasteiger partial charge on any atom is 0.306 e. The van der Waals surface area contributed by atoms with E-state index in [-0.39, 0.29) is 31.1 Å². The van der Waals surface area contributed by atoms with E-state index >= 15 is 0 Å². The molecule has 0 unspecified atom stereocenters. The van der Waals surface area contributed by atoms with E-state index in [1.165, 1.54) is 128 Å². The zero-order chi connectivity index (χ0) is 39.2. The predicted molar refractivity (Wildman–Crippen MR) is 224 cm³/mol. The van der Waals surface area contributed by atoms with E-state index in [1.807, 2.05) is 0 Å². The summed E-state index contributed by atoms with van der Waals surface area (Å²) in [4.78, 5) is 37.7. The van der Waals surface area contributed by atoms with Crippen molar-refractivity contribution in [1.29, 1.82) is 0 Å². The Balaban J connectivity index is 4.32. The van der Waals surface area contributed by atoms with Crippen molar-refractivity contribution in [2.75, 3.05) is 13.2 Å². The van der Waals surface area contributed by atoms with Crippen molar-refractivity contribution in [2.45, 2.75) is 253 Å². The number of hydrogen-bond donors (Lipinski definition) is 0. The summed E-state index contributed by atoms with van der Waals surface area (Å²) in [6.07, 6.45) is 35.3. The quantitative estimate of drug-likeness (QED) is 0.0352. The number of rotatable bonds is 40. The van der Waals surface area contributed by atoms with Crippen LogP contribution in [0.15, 0.2) is 0 Å². The molecule has 6 nitrogen and oxygen atoms in total. The molecule has 0 saturated heterocycles. The Morgan fingerprint density at radius 3 is 0.811 bits per heavy atom. The van der Waals surface area contributed by atoms with Crippen LogP contribution >= 0.6 is 0 Å². The molecule has 0 amide bonds. The van der Waals surface area contributed by atoms with Crippen LogP contribution in [-0.2, 0) is 28.6 Å². The largest absolute Gasteiger partial charge is 0.462 e. The first kappa shape index (κ1) is 51.4. The van der Waals surface area contributed by atoms with Gasteiger partial charge in [0.25, 0.3) is 0 Å². The highest BCUT2D eigenvalue weighted by atomic mass is 16.6. The van der Waals surface area contributed by atoms with Crippen LogP contribution < -0.4 is 0 Å². The molecule has 1 atom stereocenters. The lowest BCUT2D eigenvalue weighted by atomic mass is 10.0. The number of carbonyl (C=O) groups is 3. The summed E-state index contributed by atoms with van der Waals surface area (Å²) < 4.78 is 16.7. The Morgan fingerprint density at radius 2 is 0.547 bits per heavy atom. The molecule has 314 valence electrons.